The number of hydrogen-bond acceptors (Lipinski definition) is 5. The van der Waals surface area contributed by atoms with E-state index in [-0.39, 0.29) is 24.3 Å². The topological polar surface area (TPSA) is 59.8 Å². The molecule has 0 radical (unpaired) electrons. The zero-order valence-electron chi connectivity index (χ0n) is 16.5. The van der Waals surface area contributed by atoms with Gasteiger partial charge in [-0.15, -0.1) is 11.8 Å². The van der Waals surface area contributed by atoms with Gasteiger partial charge in [-0.05, 0) is 38.0 Å². The standard InChI is InChI=1S/C23H23NO4S/c1-3-27-23(26)22-18(17-9-5-7-11-20(17)28-22)13-29-14-21(25)24-15(2)12-16-8-4-6-10-19(16)24/h4-11,15H,3,12-14H2,1-2H3/t15-/m0/s1. The van der Waals surface area contributed by atoms with Gasteiger partial charge in [0, 0.05) is 28.4 Å². The Hall–Kier alpha value is -2.73. The number of hydrogen-bond donors (Lipinski definition) is 0. The Bertz CT molecular complexity index is 1060. The number of thioether (sulfide) groups is 1. The molecule has 150 valence electrons. The summed E-state index contributed by atoms with van der Waals surface area (Å²) < 4.78 is 10.9. The van der Waals surface area contributed by atoms with Crippen LogP contribution in [0.15, 0.2) is 52.9 Å². The molecule has 1 aromatic heterocycles. The Labute approximate surface area is 174 Å². The van der Waals surface area contributed by atoms with Gasteiger partial charge < -0.3 is 14.1 Å². The van der Waals surface area contributed by atoms with Gasteiger partial charge in [0.2, 0.25) is 11.7 Å². The van der Waals surface area contributed by atoms with Crippen LogP contribution < -0.4 is 4.90 Å². The van der Waals surface area contributed by atoms with Crippen molar-refractivity contribution in [2.24, 2.45) is 0 Å². The van der Waals surface area contributed by atoms with Crippen molar-refractivity contribution >= 4 is 40.3 Å². The molecule has 3 aromatic rings. The van der Waals surface area contributed by atoms with Gasteiger partial charge in [-0.1, -0.05) is 36.4 Å². The highest BCUT2D eigenvalue weighted by molar-refractivity contribution is 7.99. The molecule has 0 aliphatic carbocycles. The quantitative estimate of drug-likeness (QED) is 0.546. The van der Waals surface area contributed by atoms with Gasteiger partial charge >= 0.3 is 5.97 Å². The van der Waals surface area contributed by atoms with Gasteiger partial charge in [0.1, 0.15) is 5.58 Å². The van der Waals surface area contributed by atoms with Crippen molar-refractivity contribution in [1.82, 2.24) is 0 Å². The van der Waals surface area contributed by atoms with Crippen LogP contribution in [-0.4, -0.2) is 30.3 Å². The molecular weight excluding hydrogens is 386 g/mol. The van der Waals surface area contributed by atoms with E-state index in [4.69, 9.17) is 9.15 Å². The molecule has 4 rings (SSSR count). The molecule has 0 spiro atoms. The Kier molecular flexibility index (Phi) is 5.62. The smallest absolute Gasteiger partial charge is 0.374 e. The number of amides is 1. The van der Waals surface area contributed by atoms with E-state index in [1.807, 2.05) is 47.4 Å². The maximum atomic E-state index is 12.9. The number of furan rings is 1. The molecule has 0 unspecified atom stereocenters. The fourth-order valence-electron chi connectivity index (χ4n) is 3.86. The number of carbonyl (C=O) groups is 2. The number of ether oxygens (including phenoxy) is 1. The van der Waals surface area contributed by atoms with E-state index in [1.54, 1.807) is 6.92 Å². The first-order chi connectivity index (χ1) is 14.1. The van der Waals surface area contributed by atoms with E-state index in [9.17, 15) is 9.59 Å². The highest BCUT2D eigenvalue weighted by Crippen LogP contribution is 2.33. The molecule has 0 saturated heterocycles. The van der Waals surface area contributed by atoms with E-state index in [0.717, 1.165) is 23.1 Å². The number of anilines is 1. The first-order valence-corrected chi connectivity index (χ1v) is 10.9. The molecule has 2 aromatic carbocycles. The second-order valence-corrected chi connectivity index (χ2v) is 8.05. The first kappa shape index (κ1) is 19.6. The van der Waals surface area contributed by atoms with Crippen LogP contribution in [0.4, 0.5) is 5.69 Å². The van der Waals surface area contributed by atoms with Crippen molar-refractivity contribution in [2.75, 3.05) is 17.3 Å². The molecule has 6 heteroatoms. The van der Waals surface area contributed by atoms with Gasteiger partial charge in [-0.25, -0.2) is 4.79 Å². The zero-order valence-corrected chi connectivity index (χ0v) is 17.3. The monoisotopic (exact) mass is 409 g/mol. The summed E-state index contributed by atoms with van der Waals surface area (Å²) in [6.45, 7) is 4.13. The second kappa shape index (κ2) is 8.33. The van der Waals surface area contributed by atoms with Gasteiger partial charge in [-0.2, -0.15) is 0 Å². The first-order valence-electron chi connectivity index (χ1n) is 9.75. The van der Waals surface area contributed by atoms with Gasteiger partial charge in [0.25, 0.3) is 0 Å². The molecule has 1 aliphatic rings. The highest BCUT2D eigenvalue weighted by Gasteiger charge is 2.30. The number of nitrogens with zero attached hydrogens (tertiary/aromatic N) is 1. The van der Waals surface area contributed by atoms with Crippen LogP contribution >= 0.6 is 11.8 Å². The third-order valence-corrected chi connectivity index (χ3v) is 6.05. The minimum Gasteiger partial charge on any atom is -0.460 e. The van der Waals surface area contributed by atoms with Crippen LogP contribution in [0.2, 0.25) is 0 Å². The number of carbonyl (C=O) groups excluding carboxylic acids is 2. The Morgan fingerprint density at radius 1 is 1.17 bits per heavy atom. The maximum absolute atomic E-state index is 12.9. The molecule has 29 heavy (non-hydrogen) atoms. The van der Waals surface area contributed by atoms with E-state index in [2.05, 4.69) is 13.0 Å². The van der Waals surface area contributed by atoms with Crippen molar-refractivity contribution in [3.8, 4) is 0 Å². The summed E-state index contributed by atoms with van der Waals surface area (Å²) in [4.78, 5) is 27.1. The second-order valence-electron chi connectivity index (χ2n) is 7.06. The molecule has 1 amide bonds. The van der Waals surface area contributed by atoms with Crippen LogP contribution in [0.25, 0.3) is 11.0 Å². The average molecular weight is 410 g/mol. The molecule has 0 bridgehead atoms. The SMILES string of the molecule is CCOC(=O)c1oc2ccccc2c1CSCC(=O)N1c2ccccc2C[C@@H]1C. The van der Waals surface area contributed by atoms with E-state index in [1.165, 1.54) is 17.3 Å². The number of esters is 1. The summed E-state index contributed by atoms with van der Waals surface area (Å²) in [7, 11) is 0. The molecule has 0 fully saturated rings. The van der Waals surface area contributed by atoms with Crippen molar-refractivity contribution in [3.05, 3.63) is 65.4 Å². The van der Waals surface area contributed by atoms with E-state index >= 15 is 0 Å². The lowest BCUT2D eigenvalue weighted by Gasteiger charge is -2.22. The van der Waals surface area contributed by atoms with Crippen LogP contribution in [0.5, 0.6) is 0 Å². The third-order valence-electron chi connectivity index (χ3n) is 5.11. The lowest BCUT2D eigenvalue weighted by Crippen LogP contribution is -2.37. The maximum Gasteiger partial charge on any atom is 0.374 e. The minimum atomic E-state index is -0.465. The number of benzene rings is 2. The molecule has 5 nitrogen and oxygen atoms in total. The van der Waals surface area contributed by atoms with Crippen molar-refractivity contribution in [3.63, 3.8) is 0 Å². The zero-order chi connectivity index (χ0) is 20.4. The third kappa shape index (κ3) is 3.77. The van der Waals surface area contributed by atoms with Crippen molar-refractivity contribution < 1.29 is 18.7 Å². The Morgan fingerprint density at radius 2 is 1.93 bits per heavy atom. The predicted molar refractivity (Wildman–Crippen MR) is 115 cm³/mol. The average Bonchev–Trinajstić information content (AvgIpc) is 3.25. The van der Waals surface area contributed by atoms with Crippen molar-refractivity contribution in [1.29, 1.82) is 0 Å². The molecule has 0 N–H and O–H groups in total. The molecule has 0 saturated carbocycles. The van der Waals surface area contributed by atoms with Crippen LogP contribution in [0, 0.1) is 0 Å². The van der Waals surface area contributed by atoms with Gasteiger partial charge in [0.05, 0.1) is 12.4 Å². The minimum absolute atomic E-state index is 0.0814. The molecular formula is C23H23NO4S. The fourth-order valence-corrected chi connectivity index (χ4v) is 4.77. The fraction of sp³-hybridized carbons (Fsp3) is 0.304. The summed E-state index contributed by atoms with van der Waals surface area (Å²) in [5.41, 5.74) is 3.65. The highest BCUT2D eigenvalue weighted by atomic mass is 32.2. The van der Waals surface area contributed by atoms with Crippen molar-refractivity contribution in [2.45, 2.75) is 32.1 Å². The summed E-state index contributed by atoms with van der Waals surface area (Å²) in [5, 5.41) is 0.885. The largest absolute Gasteiger partial charge is 0.460 e. The van der Waals surface area contributed by atoms with E-state index in [0.29, 0.717) is 17.1 Å². The van der Waals surface area contributed by atoms with Crippen LogP contribution in [-0.2, 0) is 21.7 Å². The van der Waals surface area contributed by atoms with Gasteiger partial charge in [0.15, 0.2) is 0 Å². The number of fused-ring (bicyclic) bond motifs is 2. The van der Waals surface area contributed by atoms with Gasteiger partial charge in [-0.3, -0.25) is 4.79 Å². The van der Waals surface area contributed by atoms with E-state index < -0.39 is 5.97 Å². The summed E-state index contributed by atoms with van der Waals surface area (Å²) in [6.07, 6.45) is 0.881. The molecule has 1 atom stereocenters. The van der Waals surface area contributed by atoms with Crippen LogP contribution in [0.1, 0.15) is 35.5 Å². The number of rotatable bonds is 6. The summed E-state index contributed by atoms with van der Waals surface area (Å²) in [5.74, 6) is 0.680. The summed E-state index contributed by atoms with van der Waals surface area (Å²) in [6, 6.07) is 15.8. The van der Waals surface area contributed by atoms with Crippen LogP contribution in [0.3, 0.4) is 0 Å². The lowest BCUT2D eigenvalue weighted by atomic mass is 10.1. The lowest BCUT2D eigenvalue weighted by molar-refractivity contribution is -0.116. The molecule has 2 heterocycles. The number of para-hydroxylation sites is 2. The molecule has 1 aliphatic heterocycles. The predicted octanol–water partition coefficient (Wildman–Crippen LogP) is 4.82. The summed E-state index contributed by atoms with van der Waals surface area (Å²) >= 11 is 1.49. The normalized spacial score (nSPS) is 15.5. The Balaban J connectivity index is 1.50. The Morgan fingerprint density at radius 3 is 2.76 bits per heavy atom.